The number of nitrogens with one attached hydrogen (secondary N) is 1. The van der Waals surface area contributed by atoms with Gasteiger partial charge < -0.3 is 10.4 Å². The molecule has 2 N–H and O–H groups in total. The van der Waals surface area contributed by atoms with Crippen molar-refractivity contribution < 1.29 is 14.7 Å². The molecule has 4 nitrogen and oxygen atoms in total. The maximum absolute atomic E-state index is 12.1. The molecule has 0 heterocycles. The summed E-state index contributed by atoms with van der Waals surface area (Å²) in [7, 11) is 0. The van der Waals surface area contributed by atoms with Crippen LogP contribution < -0.4 is 5.32 Å². The Kier molecular flexibility index (Phi) is 4.56. The summed E-state index contributed by atoms with van der Waals surface area (Å²) in [6, 6.07) is 5.56. The maximum atomic E-state index is 12.1. The first-order chi connectivity index (χ1) is 9.56. The average molecular weight is 273 g/mol. The molecular formula is C16H19NO3. The number of allylic oxidation sites excluding steroid dienone is 1. The fourth-order valence-electron chi connectivity index (χ4n) is 2.29. The van der Waals surface area contributed by atoms with Gasteiger partial charge in [0, 0.05) is 18.0 Å². The standard InChI is InChI=1S/C16H19NO3/c1-11(6-9-15(18)19)17-16(20)14-8-7-12-4-2-3-5-13(12)10-14/h2,4,7-8,10-11H,3,5-6,9H2,1H3,(H,17,20)(H,18,19). The maximum Gasteiger partial charge on any atom is 0.303 e. The molecule has 0 spiro atoms. The molecule has 0 fully saturated rings. The monoisotopic (exact) mass is 273 g/mol. The smallest absolute Gasteiger partial charge is 0.303 e. The second kappa shape index (κ2) is 6.37. The third kappa shape index (κ3) is 3.70. The molecule has 1 amide bonds. The molecule has 1 aliphatic carbocycles. The van der Waals surface area contributed by atoms with Gasteiger partial charge in [-0.15, -0.1) is 0 Å². The Morgan fingerprint density at radius 3 is 2.95 bits per heavy atom. The molecule has 4 heteroatoms. The van der Waals surface area contributed by atoms with Crippen LogP contribution in [-0.2, 0) is 11.2 Å². The van der Waals surface area contributed by atoms with Crippen LogP contribution in [0.2, 0.25) is 0 Å². The predicted molar refractivity (Wildman–Crippen MR) is 77.6 cm³/mol. The highest BCUT2D eigenvalue weighted by Crippen LogP contribution is 2.20. The molecule has 0 aromatic heterocycles. The van der Waals surface area contributed by atoms with E-state index in [4.69, 9.17) is 5.11 Å². The molecule has 106 valence electrons. The summed E-state index contributed by atoms with van der Waals surface area (Å²) in [6.45, 7) is 1.82. The number of hydrogen-bond acceptors (Lipinski definition) is 2. The number of carbonyl (C=O) groups is 2. The van der Waals surface area contributed by atoms with Crippen molar-refractivity contribution in [1.29, 1.82) is 0 Å². The fourth-order valence-corrected chi connectivity index (χ4v) is 2.29. The van der Waals surface area contributed by atoms with Crippen LogP contribution in [0, 0.1) is 0 Å². The summed E-state index contributed by atoms with van der Waals surface area (Å²) in [4.78, 5) is 22.6. The van der Waals surface area contributed by atoms with Crippen molar-refractivity contribution in [2.24, 2.45) is 0 Å². The highest BCUT2D eigenvalue weighted by atomic mass is 16.4. The largest absolute Gasteiger partial charge is 0.481 e. The number of carboxylic acids is 1. The molecular weight excluding hydrogens is 254 g/mol. The lowest BCUT2D eigenvalue weighted by Gasteiger charge is -2.15. The Balaban J connectivity index is 1.99. The van der Waals surface area contributed by atoms with Crippen molar-refractivity contribution in [3.05, 3.63) is 41.0 Å². The summed E-state index contributed by atoms with van der Waals surface area (Å²) in [6.07, 6.45) is 6.69. The van der Waals surface area contributed by atoms with Crippen LogP contribution in [0.5, 0.6) is 0 Å². The van der Waals surface area contributed by atoms with Crippen LogP contribution >= 0.6 is 0 Å². The Labute approximate surface area is 118 Å². The number of benzene rings is 1. The Morgan fingerprint density at radius 1 is 1.40 bits per heavy atom. The quantitative estimate of drug-likeness (QED) is 0.866. The molecule has 1 unspecified atom stereocenters. The van der Waals surface area contributed by atoms with Gasteiger partial charge in [-0.2, -0.15) is 0 Å². The van der Waals surface area contributed by atoms with E-state index in [-0.39, 0.29) is 18.4 Å². The lowest BCUT2D eigenvalue weighted by atomic mass is 9.95. The zero-order valence-corrected chi connectivity index (χ0v) is 11.6. The second-order valence-corrected chi connectivity index (χ2v) is 5.16. The number of aryl methyl sites for hydroxylation is 1. The van der Waals surface area contributed by atoms with Crippen LogP contribution in [-0.4, -0.2) is 23.0 Å². The van der Waals surface area contributed by atoms with Gasteiger partial charge in [-0.3, -0.25) is 9.59 Å². The molecule has 1 aromatic carbocycles. The summed E-state index contributed by atoms with van der Waals surface area (Å²) < 4.78 is 0. The van der Waals surface area contributed by atoms with Crippen LogP contribution in [0.25, 0.3) is 6.08 Å². The van der Waals surface area contributed by atoms with Crippen molar-refractivity contribution >= 4 is 18.0 Å². The summed E-state index contributed by atoms with van der Waals surface area (Å²) in [5, 5.41) is 11.5. The van der Waals surface area contributed by atoms with Crippen molar-refractivity contribution in [2.45, 2.75) is 38.6 Å². The van der Waals surface area contributed by atoms with E-state index in [1.165, 1.54) is 11.1 Å². The third-order valence-corrected chi connectivity index (χ3v) is 3.45. The number of aliphatic carboxylic acids is 1. The van der Waals surface area contributed by atoms with Crippen molar-refractivity contribution in [3.63, 3.8) is 0 Å². The number of carboxylic acid groups (broad SMARTS) is 1. The first-order valence-corrected chi connectivity index (χ1v) is 6.88. The lowest BCUT2D eigenvalue weighted by Crippen LogP contribution is -2.33. The normalized spacial score (nSPS) is 14.4. The van der Waals surface area contributed by atoms with Gasteiger partial charge in [0.25, 0.3) is 5.91 Å². The summed E-state index contributed by atoms with van der Waals surface area (Å²) in [5.74, 6) is -0.980. The SMILES string of the molecule is CC(CCC(=O)O)NC(=O)c1ccc2c(c1)CCC=C2. The highest BCUT2D eigenvalue weighted by molar-refractivity contribution is 5.95. The van der Waals surface area contributed by atoms with Gasteiger partial charge in [0.15, 0.2) is 0 Å². The van der Waals surface area contributed by atoms with Gasteiger partial charge in [-0.05, 0) is 49.4 Å². The van der Waals surface area contributed by atoms with E-state index in [0.29, 0.717) is 12.0 Å². The topological polar surface area (TPSA) is 66.4 Å². The van der Waals surface area contributed by atoms with Gasteiger partial charge in [-0.1, -0.05) is 18.2 Å². The van der Waals surface area contributed by atoms with Gasteiger partial charge in [0.05, 0.1) is 0 Å². The molecule has 0 bridgehead atoms. The second-order valence-electron chi connectivity index (χ2n) is 5.16. The van der Waals surface area contributed by atoms with Gasteiger partial charge in [0.1, 0.15) is 0 Å². The zero-order valence-electron chi connectivity index (χ0n) is 11.6. The molecule has 0 saturated carbocycles. The minimum absolute atomic E-state index is 0.0659. The average Bonchev–Trinajstić information content (AvgIpc) is 2.44. The lowest BCUT2D eigenvalue weighted by molar-refractivity contribution is -0.137. The molecule has 0 saturated heterocycles. The first kappa shape index (κ1) is 14.3. The molecule has 1 atom stereocenters. The van der Waals surface area contributed by atoms with E-state index in [1.54, 1.807) is 0 Å². The van der Waals surface area contributed by atoms with Gasteiger partial charge in [0.2, 0.25) is 0 Å². The van der Waals surface area contributed by atoms with Crippen LogP contribution in [0.15, 0.2) is 24.3 Å². The van der Waals surface area contributed by atoms with Gasteiger partial charge >= 0.3 is 5.97 Å². The highest BCUT2D eigenvalue weighted by Gasteiger charge is 2.13. The van der Waals surface area contributed by atoms with Crippen molar-refractivity contribution in [2.75, 3.05) is 0 Å². The summed E-state index contributed by atoms with van der Waals surface area (Å²) in [5.41, 5.74) is 3.01. The van der Waals surface area contributed by atoms with Crippen molar-refractivity contribution in [1.82, 2.24) is 5.32 Å². The Hall–Kier alpha value is -2.10. The van der Waals surface area contributed by atoms with Crippen LogP contribution in [0.3, 0.4) is 0 Å². The van der Waals surface area contributed by atoms with Gasteiger partial charge in [-0.25, -0.2) is 0 Å². The number of rotatable bonds is 5. The molecule has 1 aromatic rings. The number of hydrogen-bond donors (Lipinski definition) is 2. The minimum Gasteiger partial charge on any atom is -0.481 e. The number of carbonyl (C=O) groups excluding carboxylic acids is 1. The first-order valence-electron chi connectivity index (χ1n) is 6.88. The number of fused-ring (bicyclic) bond motifs is 1. The van der Waals surface area contributed by atoms with Crippen molar-refractivity contribution in [3.8, 4) is 0 Å². The van der Waals surface area contributed by atoms with E-state index < -0.39 is 5.97 Å². The minimum atomic E-state index is -0.841. The molecule has 20 heavy (non-hydrogen) atoms. The zero-order chi connectivity index (χ0) is 14.5. The fraction of sp³-hybridized carbons (Fsp3) is 0.375. The van der Waals surface area contributed by atoms with E-state index in [9.17, 15) is 9.59 Å². The van der Waals surface area contributed by atoms with E-state index in [1.807, 2.05) is 25.1 Å². The summed E-state index contributed by atoms with van der Waals surface area (Å²) >= 11 is 0. The molecule has 1 aliphatic rings. The molecule has 0 aliphatic heterocycles. The van der Waals surface area contributed by atoms with E-state index in [2.05, 4.69) is 17.5 Å². The molecule has 2 rings (SSSR count). The Morgan fingerprint density at radius 2 is 2.20 bits per heavy atom. The Bertz CT molecular complexity index is 549. The molecule has 0 radical (unpaired) electrons. The third-order valence-electron chi connectivity index (χ3n) is 3.45. The number of amides is 1. The van der Waals surface area contributed by atoms with E-state index in [0.717, 1.165) is 12.8 Å². The van der Waals surface area contributed by atoms with Crippen LogP contribution in [0.1, 0.15) is 47.7 Å². The predicted octanol–water partition coefficient (Wildman–Crippen LogP) is 2.63. The van der Waals surface area contributed by atoms with E-state index >= 15 is 0 Å². The van der Waals surface area contributed by atoms with Crippen LogP contribution in [0.4, 0.5) is 0 Å².